The number of benzene rings is 3. The standard InChI is InChI=1S/C21H19FN2O3S/c1-15-10-12-18(13-11-15)28(26,27)24(2)17-7-5-6-16(14-17)21(25)23-20-9-4-3-8-19(20)22/h3-14H,1-2H3,(H,23,25). The summed E-state index contributed by atoms with van der Waals surface area (Å²) >= 11 is 0. The summed E-state index contributed by atoms with van der Waals surface area (Å²) in [5.74, 6) is -1.08. The van der Waals surface area contributed by atoms with Crippen LogP contribution >= 0.6 is 0 Å². The molecule has 0 fully saturated rings. The maximum atomic E-state index is 13.7. The van der Waals surface area contributed by atoms with Crippen molar-refractivity contribution in [2.24, 2.45) is 0 Å². The van der Waals surface area contributed by atoms with E-state index in [1.165, 1.54) is 49.5 Å². The fraction of sp³-hybridized carbons (Fsp3) is 0.0952. The maximum absolute atomic E-state index is 13.7. The van der Waals surface area contributed by atoms with E-state index < -0.39 is 21.7 Å². The van der Waals surface area contributed by atoms with Gasteiger partial charge in [-0.3, -0.25) is 9.10 Å². The third-order valence-electron chi connectivity index (χ3n) is 4.27. The quantitative estimate of drug-likeness (QED) is 0.700. The highest BCUT2D eigenvalue weighted by Gasteiger charge is 2.22. The topological polar surface area (TPSA) is 66.5 Å². The fourth-order valence-corrected chi connectivity index (χ4v) is 3.79. The minimum atomic E-state index is -3.78. The number of aryl methyl sites for hydroxylation is 1. The number of anilines is 2. The Hall–Kier alpha value is -3.19. The molecule has 0 unspecified atom stereocenters. The lowest BCUT2D eigenvalue weighted by molar-refractivity contribution is 0.102. The Morgan fingerprint density at radius 2 is 1.64 bits per heavy atom. The van der Waals surface area contributed by atoms with Crippen LogP contribution in [0.4, 0.5) is 15.8 Å². The molecular weight excluding hydrogens is 379 g/mol. The molecule has 0 saturated carbocycles. The molecule has 0 aliphatic rings. The van der Waals surface area contributed by atoms with Crippen molar-refractivity contribution in [3.8, 4) is 0 Å². The summed E-state index contributed by atoms with van der Waals surface area (Å²) in [7, 11) is -2.36. The van der Waals surface area contributed by atoms with Crippen LogP contribution in [0.25, 0.3) is 0 Å². The molecule has 0 bridgehead atoms. The summed E-state index contributed by atoms with van der Waals surface area (Å²) in [5, 5.41) is 2.49. The summed E-state index contributed by atoms with van der Waals surface area (Å²) < 4.78 is 40.5. The van der Waals surface area contributed by atoms with Crippen LogP contribution in [0.15, 0.2) is 77.7 Å². The van der Waals surface area contributed by atoms with E-state index in [4.69, 9.17) is 0 Å². The molecule has 3 rings (SSSR count). The van der Waals surface area contributed by atoms with Crippen molar-refractivity contribution >= 4 is 27.3 Å². The van der Waals surface area contributed by atoms with E-state index in [9.17, 15) is 17.6 Å². The Morgan fingerprint density at radius 3 is 2.32 bits per heavy atom. The summed E-state index contributed by atoms with van der Waals surface area (Å²) in [6.45, 7) is 1.87. The van der Waals surface area contributed by atoms with Gasteiger partial charge in [0.2, 0.25) is 0 Å². The minimum absolute atomic E-state index is 0.0542. The average molecular weight is 398 g/mol. The molecule has 1 N–H and O–H groups in total. The van der Waals surface area contributed by atoms with E-state index >= 15 is 0 Å². The van der Waals surface area contributed by atoms with Crippen LogP contribution < -0.4 is 9.62 Å². The van der Waals surface area contributed by atoms with Crippen molar-refractivity contribution in [1.29, 1.82) is 0 Å². The molecule has 0 aromatic heterocycles. The molecule has 0 radical (unpaired) electrons. The second-order valence-electron chi connectivity index (χ2n) is 6.27. The van der Waals surface area contributed by atoms with Gasteiger partial charge in [-0.15, -0.1) is 0 Å². The number of hydrogen-bond acceptors (Lipinski definition) is 3. The van der Waals surface area contributed by atoms with Gasteiger partial charge in [-0.2, -0.15) is 0 Å². The molecule has 1 amide bonds. The summed E-state index contributed by atoms with van der Waals surface area (Å²) in [4.78, 5) is 12.6. The number of carbonyl (C=O) groups is 1. The summed E-state index contributed by atoms with van der Waals surface area (Å²) in [6.07, 6.45) is 0. The molecule has 0 heterocycles. The Kier molecular flexibility index (Phi) is 5.46. The molecule has 7 heteroatoms. The first-order chi connectivity index (χ1) is 13.3. The van der Waals surface area contributed by atoms with Crippen molar-refractivity contribution in [2.45, 2.75) is 11.8 Å². The zero-order chi connectivity index (χ0) is 20.3. The van der Waals surface area contributed by atoms with E-state index in [0.717, 1.165) is 9.87 Å². The highest BCUT2D eigenvalue weighted by Crippen LogP contribution is 2.24. The van der Waals surface area contributed by atoms with Crippen LogP contribution in [0.5, 0.6) is 0 Å². The monoisotopic (exact) mass is 398 g/mol. The molecular formula is C21H19FN2O3S. The highest BCUT2D eigenvalue weighted by atomic mass is 32.2. The van der Waals surface area contributed by atoms with Crippen LogP contribution in [0, 0.1) is 12.7 Å². The van der Waals surface area contributed by atoms with Crippen molar-refractivity contribution < 1.29 is 17.6 Å². The van der Waals surface area contributed by atoms with Crippen LogP contribution in [-0.4, -0.2) is 21.4 Å². The molecule has 0 spiro atoms. The Bertz CT molecular complexity index is 1110. The first kappa shape index (κ1) is 19.6. The summed E-state index contributed by atoms with van der Waals surface area (Å²) in [6, 6.07) is 18.5. The Morgan fingerprint density at radius 1 is 0.964 bits per heavy atom. The molecule has 0 aliphatic heterocycles. The predicted molar refractivity (Wildman–Crippen MR) is 108 cm³/mol. The third-order valence-corrected chi connectivity index (χ3v) is 6.07. The van der Waals surface area contributed by atoms with Gasteiger partial charge in [0, 0.05) is 12.6 Å². The van der Waals surface area contributed by atoms with E-state index in [0.29, 0.717) is 5.69 Å². The van der Waals surface area contributed by atoms with Crippen LogP contribution in [-0.2, 0) is 10.0 Å². The number of para-hydroxylation sites is 1. The number of halogens is 1. The van der Waals surface area contributed by atoms with E-state index in [2.05, 4.69) is 5.32 Å². The van der Waals surface area contributed by atoms with Gasteiger partial charge < -0.3 is 5.32 Å². The second kappa shape index (κ2) is 7.82. The molecule has 0 saturated heterocycles. The van der Waals surface area contributed by atoms with E-state index in [1.807, 2.05) is 6.92 Å². The lowest BCUT2D eigenvalue weighted by Gasteiger charge is -2.20. The lowest BCUT2D eigenvalue weighted by Crippen LogP contribution is -2.27. The molecule has 3 aromatic carbocycles. The van der Waals surface area contributed by atoms with Gasteiger partial charge in [0.15, 0.2) is 0 Å². The largest absolute Gasteiger partial charge is 0.319 e. The normalized spacial score (nSPS) is 11.1. The van der Waals surface area contributed by atoms with Crippen LogP contribution in [0.3, 0.4) is 0 Å². The number of rotatable bonds is 5. The van der Waals surface area contributed by atoms with Crippen molar-refractivity contribution in [3.63, 3.8) is 0 Å². The fourth-order valence-electron chi connectivity index (χ4n) is 2.61. The van der Waals surface area contributed by atoms with Crippen LogP contribution in [0.1, 0.15) is 15.9 Å². The first-order valence-corrected chi connectivity index (χ1v) is 9.94. The second-order valence-corrected chi connectivity index (χ2v) is 8.24. The maximum Gasteiger partial charge on any atom is 0.264 e. The smallest absolute Gasteiger partial charge is 0.264 e. The van der Waals surface area contributed by atoms with E-state index in [-0.39, 0.29) is 16.1 Å². The van der Waals surface area contributed by atoms with Gasteiger partial charge in [-0.25, -0.2) is 12.8 Å². The average Bonchev–Trinajstić information content (AvgIpc) is 2.69. The van der Waals surface area contributed by atoms with Crippen molar-refractivity contribution in [1.82, 2.24) is 0 Å². The SMILES string of the molecule is Cc1ccc(S(=O)(=O)N(C)c2cccc(C(=O)Nc3ccccc3F)c2)cc1. The van der Waals surface area contributed by atoms with Gasteiger partial charge in [0.25, 0.3) is 15.9 Å². The number of nitrogens with one attached hydrogen (secondary N) is 1. The molecule has 3 aromatic rings. The number of carbonyl (C=O) groups excluding carboxylic acids is 1. The Balaban J connectivity index is 1.87. The minimum Gasteiger partial charge on any atom is -0.319 e. The van der Waals surface area contributed by atoms with Gasteiger partial charge in [-0.1, -0.05) is 35.9 Å². The number of amides is 1. The highest BCUT2D eigenvalue weighted by molar-refractivity contribution is 7.92. The third kappa shape index (κ3) is 4.04. The molecule has 28 heavy (non-hydrogen) atoms. The van der Waals surface area contributed by atoms with Gasteiger partial charge in [0.05, 0.1) is 16.3 Å². The first-order valence-electron chi connectivity index (χ1n) is 8.50. The molecule has 0 atom stereocenters. The Labute approximate surface area is 163 Å². The molecule has 0 aliphatic carbocycles. The lowest BCUT2D eigenvalue weighted by atomic mass is 10.2. The number of sulfonamides is 1. The molecule has 5 nitrogen and oxygen atoms in total. The zero-order valence-electron chi connectivity index (χ0n) is 15.4. The number of nitrogens with zero attached hydrogens (tertiary/aromatic N) is 1. The van der Waals surface area contributed by atoms with E-state index in [1.54, 1.807) is 30.3 Å². The van der Waals surface area contributed by atoms with Gasteiger partial charge in [0.1, 0.15) is 5.82 Å². The summed E-state index contributed by atoms with van der Waals surface area (Å²) in [5.41, 5.74) is 1.54. The van der Waals surface area contributed by atoms with Crippen molar-refractivity contribution in [2.75, 3.05) is 16.7 Å². The predicted octanol–water partition coefficient (Wildman–Crippen LogP) is 4.21. The van der Waals surface area contributed by atoms with Gasteiger partial charge in [-0.05, 0) is 49.4 Å². The number of hydrogen-bond donors (Lipinski definition) is 1. The molecule has 144 valence electrons. The van der Waals surface area contributed by atoms with Crippen LogP contribution in [0.2, 0.25) is 0 Å². The van der Waals surface area contributed by atoms with Crippen molar-refractivity contribution in [3.05, 3.63) is 89.7 Å². The zero-order valence-corrected chi connectivity index (χ0v) is 16.2. The van der Waals surface area contributed by atoms with Gasteiger partial charge >= 0.3 is 0 Å².